The molecule has 1 saturated carbocycles. The van der Waals surface area contributed by atoms with Crippen LogP contribution in [0.25, 0.3) is 0 Å². The molecule has 0 bridgehead atoms. The second-order valence-electron chi connectivity index (χ2n) is 4.46. The molecule has 0 N–H and O–H groups in total. The van der Waals surface area contributed by atoms with Crippen molar-refractivity contribution in [3.05, 3.63) is 0 Å². The van der Waals surface area contributed by atoms with Crippen LogP contribution >= 0.6 is 0 Å². The molecular weight excluding hydrogens is 120 g/mol. The first kappa shape index (κ1) is 8.10. The van der Waals surface area contributed by atoms with Crippen LogP contribution in [0.3, 0.4) is 0 Å². The van der Waals surface area contributed by atoms with Crippen LogP contribution in [-0.4, -0.2) is 0 Å². The van der Waals surface area contributed by atoms with Crippen molar-refractivity contribution >= 4 is 0 Å². The van der Waals surface area contributed by atoms with E-state index in [2.05, 4.69) is 27.7 Å². The van der Waals surface area contributed by atoms with Crippen molar-refractivity contribution < 1.29 is 0 Å². The Balaban J connectivity index is 2.33. The number of hydrogen-bond donors (Lipinski definition) is 0. The number of hydrogen-bond acceptors (Lipinski definition) is 0. The highest BCUT2D eigenvalue weighted by Gasteiger charge is 2.49. The van der Waals surface area contributed by atoms with E-state index < -0.39 is 0 Å². The Hall–Kier alpha value is 0. The third kappa shape index (κ3) is 1.36. The topological polar surface area (TPSA) is 0 Å². The maximum atomic E-state index is 2.45. The van der Waals surface area contributed by atoms with Crippen molar-refractivity contribution in [3.63, 3.8) is 0 Å². The Morgan fingerprint density at radius 3 is 2.40 bits per heavy atom. The third-order valence-electron chi connectivity index (χ3n) is 3.05. The van der Waals surface area contributed by atoms with E-state index in [1.807, 2.05) is 0 Å². The third-order valence-corrected chi connectivity index (χ3v) is 3.05. The molecular formula is C10H20. The standard InChI is InChI=1S/C10H20/c1-5-6-10(4)7-9(10)8(2)3/h8-9H,5-7H2,1-4H3. The maximum absolute atomic E-state index is 2.45. The summed E-state index contributed by atoms with van der Waals surface area (Å²) in [5.74, 6) is 1.95. The molecule has 10 heavy (non-hydrogen) atoms. The molecule has 0 aromatic heterocycles. The Kier molecular flexibility index (Phi) is 2.07. The molecule has 60 valence electrons. The largest absolute Gasteiger partial charge is 0.0654 e. The summed E-state index contributed by atoms with van der Waals surface area (Å²) in [5.41, 5.74) is 0.739. The molecule has 0 spiro atoms. The van der Waals surface area contributed by atoms with Gasteiger partial charge in [-0.3, -0.25) is 0 Å². The van der Waals surface area contributed by atoms with Crippen molar-refractivity contribution in [1.82, 2.24) is 0 Å². The van der Waals surface area contributed by atoms with Gasteiger partial charge >= 0.3 is 0 Å². The molecule has 0 heterocycles. The van der Waals surface area contributed by atoms with Crippen LogP contribution in [0.4, 0.5) is 0 Å². The monoisotopic (exact) mass is 140 g/mol. The summed E-state index contributed by atoms with van der Waals surface area (Å²) >= 11 is 0. The van der Waals surface area contributed by atoms with Crippen LogP contribution in [0.2, 0.25) is 0 Å². The Labute approximate surface area is 65.0 Å². The van der Waals surface area contributed by atoms with E-state index in [0.717, 1.165) is 17.3 Å². The fourth-order valence-corrected chi connectivity index (χ4v) is 2.34. The quantitative estimate of drug-likeness (QED) is 0.563. The predicted octanol–water partition coefficient (Wildman–Crippen LogP) is 3.47. The van der Waals surface area contributed by atoms with E-state index in [0.29, 0.717) is 0 Å². The van der Waals surface area contributed by atoms with Crippen LogP contribution < -0.4 is 0 Å². The second-order valence-corrected chi connectivity index (χ2v) is 4.46. The van der Waals surface area contributed by atoms with Gasteiger partial charge in [0.25, 0.3) is 0 Å². The maximum Gasteiger partial charge on any atom is -0.0292 e. The van der Waals surface area contributed by atoms with Gasteiger partial charge in [0.05, 0.1) is 0 Å². The molecule has 1 aliphatic rings. The first-order chi connectivity index (χ1) is 4.60. The molecule has 2 atom stereocenters. The SMILES string of the molecule is CCCC1(C)CC1C(C)C. The van der Waals surface area contributed by atoms with Crippen molar-refractivity contribution in [2.75, 3.05) is 0 Å². The number of rotatable bonds is 3. The summed E-state index contributed by atoms with van der Waals surface area (Å²) in [6.45, 7) is 9.44. The molecule has 1 aliphatic carbocycles. The predicted molar refractivity (Wildman–Crippen MR) is 46.0 cm³/mol. The summed E-state index contributed by atoms with van der Waals surface area (Å²) in [6, 6.07) is 0. The first-order valence-corrected chi connectivity index (χ1v) is 4.60. The van der Waals surface area contributed by atoms with Crippen molar-refractivity contribution in [2.24, 2.45) is 17.3 Å². The van der Waals surface area contributed by atoms with Gasteiger partial charge < -0.3 is 0 Å². The Bertz CT molecular complexity index is 115. The van der Waals surface area contributed by atoms with Gasteiger partial charge in [-0.2, -0.15) is 0 Å². The summed E-state index contributed by atoms with van der Waals surface area (Å²) in [6.07, 6.45) is 4.29. The highest BCUT2D eigenvalue weighted by molar-refractivity contribution is 4.99. The molecule has 2 unspecified atom stereocenters. The average Bonchev–Trinajstić information content (AvgIpc) is 2.43. The van der Waals surface area contributed by atoms with E-state index in [4.69, 9.17) is 0 Å². The summed E-state index contributed by atoms with van der Waals surface area (Å²) in [7, 11) is 0. The van der Waals surface area contributed by atoms with Crippen LogP contribution in [0.5, 0.6) is 0 Å². The van der Waals surface area contributed by atoms with Crippen molar-refractivity contribution in [2.45, 2.75) is 47.0 Å². The Morgan fingerprint density at radius 1 is 1.50 bits per heavy atom. The average molecular weight is 140 g/mol. The van der Waals surface area contributed by atoms with Gasteiger partial charge in [-0.25, -0.2) is 0 Å². The lowest BCUT2D eigenvalue weighted by Gasteiger charge is -2.11. The molecule has 1 rings (SSSR count). The molecule has 0 aromatic rings. The lowest BCUT2D eigenvalue weighted by molar-refractivity contribution is 0.394. The molecule has 0 nitrogen and oxygen atoms in total. The van der Waals surface area contributed by atoms with Crippen LogP contribution in [0.1, 0.15) is 47.0 Å². The van der Waals surface area contributed by atoms with E-state index in [1.165, 1.54) is 19.3 Å². The summed E-state index contributed by atoms with van der Waals surface area (Å²) < 4.78 is 0. The zero-order valence-electron chi connectivity index (χ0n) is 7.78. The normalized spacial score (nSPS) is 38.7. The minimum atomic E-state index is 0.739. The second kappa shape index (κ2) is 2.56. The van der Waals surface area contributed by atoms with Gasteiger partial charge in [0.2, 0.25) is 0 Å². The molecule has 0 aliphatic heterocycles. The highest BCUT2D eigenvalue weighted by atomic mass is 14.5. The van der Waals surface area contributed by atoms with Gasteiger partial charge in [-0.05, 0) is 30.1 Å². The molecule has 0 radical (unpaired) electrons. The zero-order chi connectivity index (χ0) is 7.78. The molecule has 0 aromatic carbocycles. The molecule has 0 amide bonds. The van der Waals surface area contributed by atoms with Gasteiger partial charge in [0.15, 0.2) is 0 Å². The van der Waals surface area contributed by atoms with Gasteiger partial charge in [-0.15, -0.1) is 0 Å². The first-order valence-electron chi connectivity index (χ1n) is 4.60. The smallest absolute Gasteiger partial charge is 0.0292 e. The zero-order valence-corrected chi connectivity index (χ0v) is 7.78. The molecule has 0 saturated heterocycles. The van der Waals surface area contributed by atoms with E-state index in [-0.39, 0.29) is 0 Å². The molecule has 0 heteroatoms. The van der Waals surface area contributed by atoms with Gasteiger partial charge in [-0.1, -0.05) is 34.1 Å². The van der Waals surface area contributed by atoms with E-state index in [9.17, 15) is 0 Å². The van der Waals surface area contributed by atoms with Gasteiger partial charge in [0.1, 0.15) is 0 Å². The lowest BCUT2D eigenvalue weighted by atomic mass is 9.95. The fourth-order valence-electron chi connectivity index (χ4n) is 2.34. The fraction of sp³-hybridized carbons (Fsp3) is 1.00. The lowest BCUT2D eigenvalue weighted by Crippen LogP contribution is -2.01. The van der Waals surface area contributed by atoms with E-state index in [1.54, 1.807) is 0 Å². The van der Waals surface area contributed by atoms with Crippen molar-refractivity contribution in [1.29, 1.82) is 0 Å². The van der Waals surface area contributed by atoms with Crippen LogP contribution in [-0.2, 0) is 0 Å². The highest BCUT2D eigenvalue weighted by Crippen LogP contribution is 2.58. The van der Waals surface area contributed by atoms with Crippen LogP contribution in [0.15, 0.2) is 0 Å². The minimum Gasteiger partial charge on any atom is -0.0654 e. The summed E-state index contributed by atoms with van der Waals surface area (Å²) in [5, 5.41) is 0. The van der Waals surface area contributed by atoms with Crippen molar-refractivity contribution in [3.8, 4) is 0 Å². The Morgan fingerprint density at radius 2 is 2.10 bits per heavy atom. The summed E-state index contributed by atoms with van der Waals surface area (Å²) in [4.78, 5) is 0. The molecule has 1 fully saturated rings. The minimum absolute atomic E-state index is 0.739. The van der Waals surface area contributed by atoms with Crippen LogP contribution in [0, 0.1) is 17.3 Å². The van der Waals surface area contributed by atoms with Gasteiger partial charge in [0, 0.05) is 0 Å². The van der Waals surface area contributed by atoms with E-state index >= 15 is 0 Å².